The molecule has 0 radical (unpaired) electrons. The lowest BCUT2D eigenvalue weighted by molar-refractivity contribution is -0.127. The Balaban J connectivity index is 1.51. The summed E-state index contributed by atoms with van der Waals surface area (Å²) in [6.45, 7) is 4.61. The molecule has 0 bridgehead atoms. The van der Waals surface area contributed by atoms with E-state index in [1.165, 1.54) is 18.2 Å². The number of benzene rings is 2. The van der Waals surface area contributed by atoms with E-state index in [0.717, 1.165) is 18.9 Å². The number of fused-ring (bicyclic) bond motifs is 1. The van der Waals surface area contributed by atoms with E-state index in [2.05, 4.69) is 11.6 Å². The first-order valence-corrected chi connectivity index (χ1v) is 11.2. The molecule has 2 aromatic carbocycles. The highest BCUT2D eigenvalue weighted by molar-refractivity contribution is 5.87. The molecule has 4 aromatic rings. The summed E-state index contributed by atoms with van der Waals surface area (Å²) < 4.78 is 36.2. The van der Waals surface area contributed by atoms with E-state index < -0.39 is 11.6 Å². The van der Waals surface area contributed by atoms with E-state index in [1.54, 1.807) is 56.8 Å². The molecule has 0 unspecified atom stereocenters. The number of imidazole rings is 1. The summed E-state index contributed by atoms with van der Waals surface area (Å²) in [5.41, 5.74) is 1.64. The highest BCUT2D eigenvalue weighted by Crippen LogP contribution is 2.29. The first-order valence-electron chi connectivity index (χ1n) is 11.2. The summed E-state index contributed by atoms with van der Waals surface area (Å²) in [5, 5.41) is 0. The fourth-order valence-corrected chi connectivity index (χ4v) is 4.52. The molecule has 1 amide bonds. The number of amides is 1. The molecule has 7 nitrogen and oxygen atoms in total. The summed E-state index contributed by atoms with van der Waals surface area (Å²) >= 11 is 0. The quantitative estimate of drug-likeness (QED) is 0.395. The second-order valence-electron chi connectivity index (χ2n) is 8.28. The summed E-state index contributed by atoms with van der Waals surface area (Å²) in [6.07, 6.45) is 6.07. The van der Waals surface area contributed by atoms with Crippen molar-refractivity contribution in [3.8, 4) is 17.2 Å². The maximum absolute atomic E-state index is 14.0. The van der Waals surface area contributed by atoms with Gasteiger partial charge in [-0.3, -0.25) is 18.9 Å². The molecule has 0 spiro atoms. The molecule has 178 valence electrons. The number of pyridine rings is 1. The molecule has 1 aliphatic rings. The first-order chi connectivity index (χ1) is 17.0. The molecule has 1 aliphatic heterocycles. The molecule has 1 saturated heterocycles. The number of hydrogen-bond acceptors (Lipinski definition) is 4. The van der Waals surface area contributed by atoms with Crippen LogP contribution < -0.4 is 10.4 Å². The van der Waals surface area contributed by atoms with Crippen LogP contribution in [0.1, 0.15) is 18.9 Å². The van der Waals surface area contributed by atoms with E-state index in [-0.39, 0.29) is 23.4 Å². The smallest absolute Gasteiger partial charge is 0.334 e. The largest absolute Gasteiger partial charge is 0.454 e. The van der Waals surface area contributed by atoms with Crippen LogP contribution in [0.3, 0.4) is 0 Å². The predicted molar refractivity (Wildman–Crippen MR) is 127 cm³/mol. The van der Waals surface area contributed by atoms with Crippen molar-refractivity contribution in [2.24, 2.45) is 0 Å². The van der Waals surface area contributed by atoms with Gasteiger partial charge < -0.3 is 9.64 Å². The molecule has 5 rings (SSSR count). The Morgan fingerprint density at radius 3 is 2.69 bits per heavy atom. The number of carbonyl (C=O) groups is 1. The molecular weight excluding hydrogens is 454 g/mol. The number of nitrogens with zero attached hydrogens (tertiary/aromatic N) is 4. The molecule has 0 saturated carbocycles. The minimum atomic E-state index is -1.07. The van der Waals surface area contributed by atoms with Crippen molar-refractivity contribution in [2.45, 2.75) is 18.9 Å². The van der Waals surface area contributed by atoms with Gasteiger partial charge in [-0.05, 0) is 61.4 Å². The van der Waals surface area contributed by atoms with Crippen molar-refractivity contribution < 1.29 is 18.3 Å². The maximum atomic E-state index is 14.0. The van der Waals surface area contributed by atoms with Crippen molar-refractivity contribution in [2.75, 3.05) is 13.1 Å². The molecule has 1 atom stereocenters. The Morgan fingerprint density at radius 1 is 1.11 bits per heavy atom. The number of likely N-dealkylation sites (tertiary alicyclic amines) is 1. The van der Waals surface area contributed by atoms with Crippen LogP contribution in [0.25, 0.3) is 16.7 Å². The number of piperidine rings is 1. The van der Waals surface area contributed by atoms with Gasteiger partial charge in [-0.2, -0.15) is 4.39 Å². The van der Waals surface area contributed by atoms with Gasteiger partial charge in [0.1, 0.15) is 5.75 Å². The van der Waals surface area contributed by atoms with Crippen molar-refractivity contribution in [1.29, 1.82) is 0 Å². The van der Waals surface area contributed by atoms with Crippen LogP contribution in [0.5, 0.6) is 11.5 Å². The maximum Gasteiger partial charge on any atom is 0.334 e. The Bertz CT molecular complexity index is 1480. The summed E-state index contributed by atoms with van der Waals surface area (Å²) in [7, 11) is 0. The second-order valence-corrected chi connectivity index (χ2v) is 8.28. The van der Waals surface area contributed by atoms with Gasteiger partial charge in [0.05, 0.1) is 29.0 Å². The highest BCUT2D eigenvalue weighted by atomic mass is 19.2. The Hall–Kier alpha value is -4.27. The molecule has 9 heteroatoms. The summed E-state index contributed by atoms with van der Waals surface area (Å²) in [6, 6.07) is 11.8. The van der Waals surface area contributed by atoms with Gasteiger partial charge in [0.2, 0.25) is 11.7 Å². The fourth-order valence-electron chi connectivity index (χ4n) is 4.52. The Morgan fingerprint density at radius 2 is 1.91 bits per heavy atom. The molecule has 2 aromatic heterocycles. The lowest BCUT2D eigenvalue weighted by Gasteiger charge is -2.32. The van der Waals surface area contributed by atoms with Crippen LogP contribution in [-0.4, -0.2) is 38.0 Å². The first kappa shape index (κ1) is 22.5. The zero-order valence-electron chi connectivity index (χ0n) is 18.7. The second kappa shape index (κ2) is 9.17. The average molecular weight is 476 g/mol. The molecule has 0 N–H and O–H groups in total. The van der Waals surface area contributed by atoms with E-state index >= 15 is 0 Å². The summed E-state index contributed by atoms with van der Waals surface area (Å²) in [5.74, 6) is -2.16. The van der Waals surface area contributed by atoms with Crippen LogP contribution >= 0.6 is 0 Å². The van der Waals surface area contributed by atoms with Crippen LogP contribution in [0.2, 0.25) is 0 Å². The van der Waals surface area contributed by atoms with Crippen LogP contribution in [0.4, 0.5) is 8.78 Å². The molecule has 1 fully saturated rings. The monoisotopic (exact) mass is 476 g/mol. The van der Waals surface area contributed by atoms with Crippen LogP contribution in [0.15, 0.2) is 78.4 Å². The van der Waals surface area contributed by atoms with Gasteiger partial charge in [-0.1, -0.05) is 12.6 Å². The van der Waals surface area contributed by atoms with Gasteiger partial charge in [0.15, 0.2) is 11.6 Å². The van der Waals surface area contributed by atoms with Gasteiger partial charge in [-0.25, -0.2) is 9.18 Å². The van der Waals surface area contributed by atoms with Crippen molar-refractivity contribution in [3.05, 3.63) is 95.7 Å². The third kappa shape index (κ3) is 4.09. The zero-order chi connectivity index (χ0) is 24.5. The lowest BCUT2D eigenvalue weighted by Crippen LogP contribution is -2.42. The summed E-state index contributed by atoms with van der Waals surface area (Å²) in [4.78, 5) is 31.7. The molecule has 3 heterocycles. The fraction of sp³-hybridized carbons (Fsp3) is 0.192. The van der Waals surface area contributed by atoms with Crippen LogP contribution in [-0.2, 0) is 4.79 Å². The Kier molecular flexibility index (Phi) is 5.90. The third-order valence-electron chi connectivity index (χ3n) is 6.16. The van der Waals surface area contributed by atoms with E-state index in [4.69, 9.17) is 4.74 Å². The average Bonchev–Trinajstić information content (AvgIpc) is 3.18. The van der Waals surface area contributed by atoms with Crippen molar-refractivity contribution in [3.63, 3.8) is 0 Å². The van der Waals surface area contributed by atoms with E-state index in [1.807, 2.05) is 0 Å². The number of ether oxygens (including phenoxy) is 1. The van der Waals surface area contributed by atoms with Crippen molar-refractivity contribution in [1.82, 2.24) is 19.0 Å². The number of hydrogen-bond donors (Lipinski definition) is 0. The number of carbonyl (C=O) groups excluding carboxylic acids is 1. The van der Waals surface area contributed by atoms with Gasteiger partial charge in [-0.15, -0.1) is 0 Å². The lowest BCUT2D eigenvalue weighted by atomic mass is 10.1. The topological polar surface area (TPSA) is 69.4 Å². The number of rotatable bonds is 5. The van der Waals surface area contributed by atoms with Gasteiger partial charge in [0.25, 0.3) is 0 Å². The normalized spacial score (nSPS) is 15.8. The van der Waals surface area contributed by atoms with Gasteiger partial charge >= 0.3 is 5.69 Å². The molecule has 35 heavy (non-hydrogen) atoms. The van der Waals surface area contributed by atoms with Crippen molar-refractivity contribution >= 4 is 16.9 Å². The SMILES string of the molecule is C=CC(=O)N1CCC[C@@H](n2c(=O)n(-c3ccc(Oc4cccc(F)c4F)cc3)c3cnccc32)C1. The van der Waals surface area contributed by atoms with E-state index in [9.17, 15) is 18.4 Å². The number of aromatic nitrogens is 3. The number of halogens is 2. The molecular formula is C26H22F2N4O3. The molecule has 0 aliphatic carbocycles. The van der Waals surface area contributed by atoms with Crippen LogP contribution in [0, 0.1) is 11.6 Å². The standard InChI is InChI=1S/C26H22F2N4O3/c1-2-24(33)30-14-4-5-18(16-30)32-21-12-13-29-15-22(21)31(26(32)34)17-8-10-19(11-9-17)35-23-7-3-6-20(27)25(23)28/h2-3,6-13,15,18H,1,4-5,14,16H2/t18-/m1/s1. The minimum absolute atomic E-state index is 0.154. The zero-order valence-corrected chi connectivity index (χ0v) is 18.7. The minimum Gasteiger partial charge on any atom is -0.454 e. The van der Waals surface area contributed by atoms with Gasteiger partial charge in [0, 0.05) is 19.3 Å². The predicted octanol–water partition coefficient (Wildman–Crippen LogP) is 4.61. The Labute approximate surface area is 199 Å². The highest BCUT2D eigenvalue weighted by Gasteiger charge is 2.27. The third-order valence-corrected chi connectivity index (χ3v) is 6.16. The van der Waals surface area contributed by atoms with E-state index in [0.29, 0.717) is 35.6 Å².